The van der Waals surface area contributed by atoms with E-state index in [2.05, 4.69) is 31.2 Å². The topological polar surface area (TPSA) is 80.9 Å². The molecule has 0 atom stereocenters. The van der Waals surface area contributed by atoms with Crippen LogP contribution in [0.2, 0.25) is 0 Å². The molecule has 2 heterocycles. The SMILES string of the molecule is Nc1ccc(NC(=O)c2cncc(Br)c2)cn1. The molecular weight excluding hydrogens is 284 g/mol. The summed E-state index contributed by atoms with van der Waals surface area (Å²) in [7, 11) is 0. The summed E-state index contributed by atoms with van der Waals surface area (Å²) >= 11 is 3.25. The molecule has 86 valence electrons. The summed E-state index contributed by atoms with van der Waals surface area (Å²) in [6.07, 6.45) is 4.60. The molecule has 6 heteroatoms. The molecule has 2 rings (SSSR count). The maximum Gasteiger partial charge on any atom is 0.257 e. The van der Waals surface area contributed by atoms with Gasteiger partial charge < -0.3 is 11.1 Å². The van der Waals surface area contributed by atoms with Gasteiger partial charge in [0.15, 0.2) is 0 Å². The molecule has 0 fully saturated rings. The highest BCUT2D eigenvalue weighted by atomic mass is 79.9. The second kappa shape index (κ2) is 4.92. The number of aromatic nitrogens is 2. The zero-order valence-corrected chi connectivity index (χ0v) is 10.3. The standard InChI is InChI=1S/C11H9BrN4O/c12-8-3-7(4-14-5-8)11(17)16-9-1-2-10(13)15-6-9/h1-6H,(H2,13,15)(H,16,17). The average Bonchev–Trinajstić information content (AvgIpc) is 2.32. The van der Waals surface area contributed by atoms with Gasteiger partial charge in [0.1, 0.15) is 5.82 Å². The van der Waals surface area contributed by atoms with Crippen molar-refractivity contribution in [3.05, 3.63) is 46.8 Å². The van der Waals surface area contributed by atoms with Crippen molar-refractivity contribution >= 4 is 33.3 Å². The van der Waals surface area contributed by atoms with Gasteiger partial charge >= 0.3 is 0 Å². The van der Waals surface area contributed by atoms with E-state index in [1.807, 2.05) is 0 Å². The largest absolute Gasteiger partial charge is 0.384 e. The molecule has 0 saturated carbocycles. The Bertz CT molecular complexity index is 541. The Morgan fingerprint density at radius 1 is 1.29 bits per heavy atom. The molecule has 5 nitrogen and oxygen atoms in total. The van der Waals surface area contributed by atoms with Gasteiger partial charge in [-0.05, 0) is 34.1 Å². The van der Waals surface area contributed by atoms with Crippen LogP contribution in [0, 0.1) is 0 Å². The number of halogens is 1. The molecule has 0 radical (unpaired) electrons. The van der Waals surface area contributed by atoms with Gasteiger partial charge in [-0.3, -0.25) is 9.78 Å². The van der Waals surface area contributed by atoms with Gasteiger partial charge in [-0.2, -0.15) is 0 Å². The minimum Gasteiger partial charge on any atom is -0.384 e. The molecule has 0 bridgehead atoms. The number of nitrogens with two attached hydrogens (primary N) is 1. The molecule has 3 N–H and O–H groups in total. The van der Waals surface area contributed by atoms with Crippen molar-refractivity contribution in [2.45, 2.75) is 0 Å². The van der Waals surface area contributed by atoms with E-state index in [0.717, 1.165) is 4.47 Å². The summed E-state index contributed by atoms with van der Waals surface area (Å²) in [6.45, 7) is 0. The molecule has 0 saturated heterocycles. The summed E-state index contributed by atoms with van der Waals surface area (Å²) < 4.78 is 0.751. The molecule has 2 aromatic rings. The molecule has 0 aliphatic rings. The fourth-order valence-electron chi connectivity index (χ4n) is 1.22. The Morgan fingerprint density at radius 3 is 2.76 bits per heavy atom. The van der Waals surface area contributed by atoms with E-state index in [0.29, 0.717) is 17.1 Å². The van der Waals surface area contributed by atoms with Gasteiger partial charge in [0.05, 0.1) is 17.4 Å². The quantitative estimate of drug-likeness (QED) is 0.888. The first-order valence-corrected chi connectivity index (χ1v) is 5.58. The van der Waals surface area contributed by atoms with E-state index in [1.165, 1.54) is 12.4 Å². The lowest BCUT2D eigenvalue weighted by Crippen LogP contribution is -2.12. The highest BCUT2D eigenvalue weighted by Gasteiger charge is 2.06. The van der Waals surface area contributed by atoms with Crippen LogP contribution in [0.3, 0.4) is 0 Å². The van der Waals surface area contributed by atoms with Gasteiger partial charge in [0, 0.05) is 16.9 Å². The Hall–Kier alpha value is -1.95. The first-order valence-electron chi connectivity index (χ1n) is 4.78. The third-order valence-electron chi connectivity index (χ3n) is 2.01. The van der Waals surface area contributed by atoms with Crippen molar-refractivity contribution in [2.24, 2.45) is 0 Å². The molecule has 0 aromatic carbocycles. The lowest BCUT2D eigenvalue weighted by molar-refractivity contribution is 0.102. The third-order valence-corrected chi connectivity index (χ3v) is 2.44. The molecule has 0 unspecified atom stereocenters. The minimum absolute atomic E-state index is 0.245. The second-order valence-corrected chi connectivity index (χ2v) is 4.23. The number of nitrogen functional groups attached to an aromatic ring is 1. The van der Waals surface area contributed by atoms with Crippen molar-refractivity contribution in [3.8, 4) is 0 Å². The van der Waals surface area contributed by atoms with Crippen molar-refractivity contribution in [3.63, 3.8) is 0 Å². The summed E-state index contributed by atoms with van der Waals surface area (Å²) in [5.41, 5.74) is 6.50. The number of rotatable bonds is 2. The van der Waals surface area contributed by atoms with E-state index in [4.69, 9.17) is 5.73 Å². The van der Waals surface area contributed by atoms with Crippen LogP contribution < -0.4 is 11.1 Å². The summed E-state index contributed by atoms with van der Waals surface area (Å²) in [4.78, 5) is 19.6. The van der Waals surface area contributed by atoms with Gasteiger partial charge in [-0.1, -0.05) is 0 Å². The normalized spacial score (nSPS) is 9.94. The third kappa shape index (κ3) is 3.01. The zero-order chi connectivity index (χ0) is 12.3. The lowest BCUT2D eigenvalue weighted by Gasteiger charge is -2.04. The Morgan fingerprint density at radius 2 is 2.12 bits per heavy atom. The van der Waals surface area contributed by atoms with Crippen LogP contribution in [0.15, 0.2) is 41.3 Å². The van der Waals surface area contributed by atoms with E-state index in [9.17, 15) is 4.79 Å². The smallest absolute Gasteiger partial charge is 0.257 e. The number of nitrogens with zero attached hydrogens (tertiary/aromatic N) is 2. The maximum absolute atomic E-state index is 11.8. The van der Waals surface area contributed by atoms with Crippen LogP contribution in [-0.2, 0) is 0 Å². The molecule has 0 aliphatic heterocycles. The number of carbonyl (C=O) groups excluding carboxylic acids is 1. The molecular formula is C11H9BrN4O. The predicted molar refractivity (Wildman–Crippen MR) is 68.5 cm³/mol. The van der Waals surface area contributed by atoms with Gasteiger partial charge in [-0.25, -0.2) is 4.98 Å². The number of anilines is 2. The Balaban J connectivity index is 2.14. The first-order chi connectivity index (χ1) is 8.15. The number of hydrogen-bond donors (Lipinski definition) is 2. The van der Waals surface area contributed by atoms with Crippen molar-refractivity contribution in [2.75, 3.05) is 11.1 Å². The Kier molecular flexibility index (Phi) is 3.34. The maximum atomic E-state index is 11.8. The number of nitrogens with one attached hydrogen (secondary N) is 1. The van der Waals surface area contributed by atoms with E-state index in [1.54, 1.807) is 24.4 Å². The Labute approximate surface area is 106 Å². The van der Waals surface area contributed by atoms with Crippen LogP contribution in [0.5, 0.6) is 0 Å². The van der Waals surface area contributed by atoms with Crippen LogP contribution in [0.4, 0.5) is 11.5 Å². The highest BCUT2D eigenvalue weighted by molar-refractivity contribution is 9.10. The van der Waals surface area contributed by atoms with Crippen LogP contribution in [0.25, 0.3) is 0 Å². The fourth-order valence-corrected chi connectivity index (χ4v) is 1.58. The van der Waals surface area contributed by atoms with Crippen molar-refractivity contribution in [1.29, 1.82) is 0 Å². The summed E-state index contributed by atoms with van der Waals surface area (Å²) in [5.74, 6) is 0.164. The van der Waals surface area contributed by atoms with E-state index < -0.39 is 0 Å². The van der Waals surface area contributed by atoms with E-state index >= 15 is 0 Å². The van der Waals surface area contributed by atoms with Gasteiger partial charge in [0.25, 0.3) is 5.91 Å². The molecule has 0 spiro atoms. The summed E-state index contributed by atoms with van der Waals surface area (Å²) in [6, 6.07) is 4.99. The van der Waals surface area contributed by atoms with Crippen LogP contribution in [0.1, 0.15) is 10.4 Å². The van der Waals surface area contributed by atoms with Crippen LogP contribution >= 0.6 is 15.9 Å². The summed E-state index contributed by atoms with van der Waals surface area (Å²) in [5, 5.41) is 2.69. The zero-order valence-electron chi connectivity index (χ0n) is 8.72. The van der Waals surface area contributed by atoms with Gasteiger partial charge in [-0.15, -0.1) is 0 Å². The highest BCUT2D eigenvalue weighted by Crippen LogP contribution is 2.12. The second-order valence-electron chi connectivity index (χ2n) is 3.32. The van der Waals surface area contributed by atoms with Crippen LogP contribution in [-0.4, -0.2) is 15.9 Å². The fraction of sp³-hybridized carbons (Fsp3) is 0. The van der Waals surface area contributed by atoms with Crippen molar-refractivity contribution in [1.82, 2.24) is 9.97 Å². The number of amides is 1. The molecule has 2 aromatic heterocycles. The monoisotopic (exact) mass is 292 g/mol. The first kappa shape index (κ1) is 11.5. The minimum atomic E-state index is -0.245. The van der Waals surface area contributed by atoms with Gasteiger partial charge in [0.2, 0.25) is 0 Å². The molecule has 17 heavy (non-hydrogen) atoms. The number of pyridine rings is 2. The number of carbonyl (C=O) groups is 1. The average molecular weight is 293 g/mol. The van der Waals surface area contributed by atoms with Crippen molar-refractivity contribution < 1.29 is 4.79 Å². The molecule has 0 aliphatic carbocycles. The predicted octanol–water partition coefficient (Wildman–Crippen LogP) is 2.07. The lowest BCUT2D eigenvalue weighted by atomic mass is 10.2. The van der Waals surface area contributed by atoms with E-state index in [-0.39, 0.29) is 5.91 Å². The molecule has 1 amide bonds. The number of hydrogen-bond acceptors (Lipinski definition) is 4.